The first kappa shape index (κ1) is 15.9. The molecule has 0 atom stereocenters. The fraction of sp³-hybridized carbons (Fsp3) is 0.364. The smallest absolute Gasteiger partial charge is 0.0426 e. The minimum atomic E-state index is 0.974. The molecule has 3 aromatic carbocycles. The van der Waals surface area contributed by atoms with E-state index in [4.69, 9.17) is 5.73 Å². The Hall–Kier alpha value is -2.02. The van der Waals surface area contributed by atoms with E-state index in [9.17, 15) is 0 Å². The highest BCUT2D eigenvalue weighted by Gasteiger charge is 2.06. The van der Waals surface area contributed by atoms with Crippen LogP contribution in [0.25, 0.3) is 21.5 Å². The van der Waals surface area contributed by atoms with Crippen LogP contribution in [0, 0.1) is 0 Å². The summed E-state index contributed by atoms with van der Waals surface area (Å²) in [5, 5.41) is 4.99. The molecule has 0 saturated heterocycles. The molecule has 0 amide bonds. The van der Waals surface area contributed by atoms with Crippen LogP contribution in [0.5, 0.6) is 0 Å². The topological polar surface area (TPSA) is 26.0 Å². The van der Waals surface area contributed by atoms with E-state index in [0.717, 1.165) is 12.1 Å². The van der Waals surface area contributed by atoms with Crippen molar-refractivity contribution in [2.75, 3.05) is 5.73 Å². The van der Waals surface area contributed by atoms with Crippen molar-refractivity contribution in [3.05, 3.63) is 54.1 Å². The molecule has 0 aliphatic heterocycles. The van der Waals surface area contributed by atoms with E-state index in [1.54, 1.807) is 0 Å². The molecule has 120 valence electrons. The van der Waals surface area contributed by atoms with Crippen LogP contribution in [-0.4, -0.2) is 0 Å². The first-order valence-corrected chi connectivity index (χ1v) is 8.99. The molecule has 1 nitrogen and oxygen atoms in total. The summed E-state index contributed by atoms with van der Waals surface area (Å²) in [4.78, 5) is 0. The average Bonchev–Trinajstić information content (AvgIpc) is 2.58. The van der Waals surface area contributed by atoms with Gasteiger partial charge in [-0.25, -0.2) is 0 Å². The van der Waals surface area contributed by atoms with Crippen molar-refractivity contribution in [1.29, 1.82) is 0 Å². The second-order valence-electron chi connectivity index (χ2n) is 6.58. The van der Waals surface area contributed by atoms with E-state index < -0.39 is 0 Å². The maximum absolute atomic E-state index is 6.47. The summed E-state index contributed by atoms with van der Waals surface area (Å²) in [6.45, 7) is 2.26. The molecule has 0 aliphatic rings. The van der Waals surface area contributed by atoms with Gasteiger partial charge in [-0.15, -0.1) is 0 Å². The summed E-state index contributed by atoms with van der Waals surface area (Å²) in [5.74, 6) is 0. The third kappa shape index (κ3) is 3.67. The highest BCUT2D eigenvalue weighted by molar-refractivity contribution is 6.03. The van der Waals surface area contributed by atoms with Crippen LogP contribution in [0.15, 0.2) is 48.5 Å². The summed E-state index contributed by atoms with van der Waals surface area (Å²) in [7, 11) is 0. The maximum atomic E-state index is 6.47. The number of nitrogens with two attached hydrogens (primary N) is 1. The molecule has 3 aromatic rings. The number of benzene rings is 3. The number of anilines is 1. The monoisotopic (exact) mass is 305 g/mol. The molecule has 0 bridgehead atoms. The Kier molecular flexibility index (Phi) is 5.17. The molecular weight excluding hydrogens is 278 g/mol. The van der Waals surface area contributed by atoms with E-state index in [2.05, 4.69) is 55.5 Å². The van der Waals surface area contributed by atoms with Crippen molar-refractivity contribution >= 4 is 27.2 Å². The van der Waals surface area contributed by atoms with Crippen LogP contribution >= 0.6 is 0 Å². The number of aryl methyl sites for hydroxylation is 1. The lowest BCUT2D eigenvalue weighted by atomic mass is 9.97. The lowest BCUT2D eigenvalue weighted by Crippen LogP contribution is -1.96. The summed E-state index contributed by atoms with van der Waals surface area (Å²) < 4.78 is 0. The summed E-state index contributed by atoms with van der Waals surface area (Å²) in [6.07, 6.45) is 9.06. The van der Waals surface area contributed by atoms with E-state index in [0.29, 0.717) is 0 Å². The molecule has 0 aliphatic carbocycles. The molecule has 23 heavy (non-hydrogen) atoms. The van der Waals surface area contributed by atoms with Crippen LogP contribution in [0.2, 0.25) is 0 Å². The van der Waals surface area contributed by atoms with Crippen molar-refractivity contribution in [2.24, 2.45) is 0 Å². The van der Waals surface area contributed by atoms with Crippen molar-refractivity contribution in [3.8, 4) is 0 Å². The molecule has 0 fully saturated rings. The van der Waals surface area contributed by atoms with Crippen molar-refractivity contribution in [1.82, 2.24) is 0 Å². The second-order valence-corrected chi connectivity index (χ2v) is 6.58. The molecule has 0 heterocycles. The molecular formula is C22H27N. The standard InChI is InChI=1S/C22H27N/c1-2-3-4-5-6-7-10-17-13-14-20-15-18-11-8-9-12-19(18)16-21(20)22(17)23/h8-9,11-16H,2-7,10,23H2,1H3. The van der Waals surface area contributed by atoms with Gasteiger partial charge in [0.05, 0.1) is 0 Å². The summed E-state index contributed by atoms with van der Waals surface area (Å²) >= 11 is 0. The second kappa shape index (κ2) is 7.50. The van der Waals surface area contributed by atoms with Crippen LogP contribution in [0.4, 0.5) is 5.69 Å². The molecule has 1 heteroatoms. The molecule has 0 radical (unpaired) electrons. The summed E-state index contributed by atoms with van der Waals surface area (Å²) in [6, 6.07) is 17.4. The zero-order valence-electron chi connectivity index (χ0n) is 14.1. The predicted molar refractivity (Wildman–Crippen MR) is 103 cm³/mol. The van der Waals surface area contributed by atoms with Crippen molar-refractivity contribution in [2.45, 2.75) is 51.9 Å². The minimum absolute atomic E-state index is 0.974. The lowest BCUT2D eigenvalue weighted by molar-refractivity contribution is 0.608. The van der Waals surface area contributed by atoms with Gasteiger partial charge in [0.2, 0.25) is 0 Å². The highest BCUT2D eigenvalue weighted by atomic mass is 14.6. The largest absolute Gasteiger partial charge is 0.398 e. The Labute approximate surface area is 139 Å². The number of unbranched alkanes of at least 4 members (excludes halogenated alkanes) is 5. The van der Waals surface area contributed by atoms with Crippen LogP contribution in [-0.2, 0) is 6.42 Å². The zero-order chi connectivity index (χ0) is 16.1. The first-order chi connectivity index (χ1) is 11.3. The van der Waals surface area contributed by atoms with Gasteiger partial charge in [0.25, 0.3) is 0 Å². The van der Waals surface area contributed by atoms with Crippen LogP contribution in [0.3, 0.4) is 0 Å². The molecule has 3 rings (SSSR count). The molecule has 0 spiro atoms. The highest BCUT2D eigenvalue weighted by Crippen LogP contribution is 2.30. The number of hydrogen-bond acceptors (Lipinski definition) is 1. The van der Waals surface area contributed by atoms with Gasteiger partial charge in [0.1, 0.15) is 0 Å². The molecule has 0 unspecified atom stereocenters. The van der Waals surface area contributed by atoms with Gasteiger partial charge in [0.15, 0.2) is 0 Å². The van der Waals surface area contributed by atoms with Crippen molar-refractivity contribution < 1.29 is 0 Å². The van der Waals surface area contributed by atoms with E-state index in [-0.39, 0.29) is 0 Å². The SMILES string of the molecule is CCCCCCCCc1ccc2cc3ccccc3cc2c1N. The molecule has 0 saturated carbocycles. The van der Waals surface area contributed by atoms with Gasteiger partial charge in [-0.3, -0.25) is 0 Å². The van der Waals surface area contributed by atoms with Crippen molar-refractivity contribution in [3.63, 3.8) is 0 Å². The maximum Gasteiger partial charge on any atom is 0.0426 e. The Morgan fingerprint density at radius 3 is 2.22 bits per heavy atom. The number of nitrogen functional groups attached to an aromatic ring is 1. The third-order valence-corrected chi connectivity index (χ3v) is 4.82. The predicted octanol–water partition coefficient (Wildman–Crippen LogP) is 6.48. The first-order valence-electron chi connectivity index (χ1n) is 8.99. The number of hydrogen-bond donors (Lipinski definition) is 1. The molecule has 0 aromatic heterocycles. The Balaban J connectivity index is 1.77. The average molecular weight is 305 g/mol. The zero-order valence-corrected chi connectivity index (χ0v) is 14.1. The number of rotatable bonds is 7. The number of fused-ring (bicyclic) bond motifs is 2. The van der Waals surface area contributed by atoms with Gasteiger partial charge in [-0.2, -0.15) is 0 Å². The van der Waals surface area contributed by atoms with E-state index in [1.807, 2.05) is 0 Å². The van der Waals surface area contributed by atoms with Gasteiger partial charge >= 0.3 is 0 Å². The Morgan fingerprint density at radius 2 is 1.43 bits per heavy atom. The third-order valence-electron chi connectivity index (χ3n) is 4.82. The van der Waals surface area contributed by atoms with Crippen LogP contribution < -0.4 is 5.73 Å². The van der Waals surface area contributed by atoms with Gasteiger partial charge in [-0.1, -0.05) is 75.4 Å². The Bertz CT molecular complexity index is 788. The fourth-order valence-electron chi connectivity index (χ4n) is 3.40. The molecule has 2 N–H and O–H groups in total. The summed E-state index contributed by atoms with van der Waals surface area (Å²) in [5.41, 5.74) is 8.75. The lowest BCUT2D eigenvalue weighted by Gasteiger charge is -2.11. The fourth-order valence-corrected chi connectivity index (χ4v) is 3.40. The van der Waals surface area contributed by atoms with Gasteiger partial charge in [-0.05, 0) is 46.7 Å². The quantitative estimate of drug-likeness (QED) is 0.302. The van der Waals surface area contributed by atoms with Crippen LogP contribution in [0.1, 0.15) is 51.0 Å². The minimum Gasteiger partial charge on any atom is -0.398 e. The normalized spacial score (nSPS) is 11.3. The van der Waals surface area contributed by atoms with E-state index in [1.165, 1.54) is 65.6 Å². The van der Waals surface area contributed by atoms with E-state index >= 15 is 0 Å². The Morgan fingerprint density at radius 1 is 0.739 bits per heavy atom. The van der Waals surface area contributed by atoms with Gasteiger partial charge in [0, 0.05) is 11.1 Å². The van der Waals surface area contributed by atoms with Gasteiger partial charge < -0.3 is 5.73 Å².